The molecule has 0 spiro atoms. The third-order valence-corrected chi connectivity index (χ3v) is 4.61. The minimum Gasteiger partial charge on any atom is -0.488 e. The Morgan fingerprint density at radius 3 is 2.78 bits per heavy atom. The molecule has 0 saturated carbocycles. The van der Waals surface area contributed by atoms with Gasteiger partial charge < -0.3 is 14.6 Å². The standard InChI is InChI=1S/C18H28O5/c1-3-4-5-6-7-16(22-12(2)19)17-11-8-13-14(20)9-10-15(21)18(13)23-17/h15-17,21H,3-11H2,1-2H3/t15-,16-,17+/m1/s1. The van der Waals surface area contributed by atoms with E-state index in [9.17, 15) is 14.7 Å². The number of allylic oxidation sites excluding steroid dienone is 1. The van der Waals surface area contributed by atoms with Crippen LogP contribution in [0, 0.1) is 0 Å². The Balaban J connectivity index is 2.02. The summed E-state index contributed by atoms with van der Waals surface area (Å²) in [6, 6.07) is 0. The van der Waals surface area contributed by atoms with Crippen LogP contribution < -0.4 is 0 Å². The highest BCUT2D eigenvalue weighted by atomic mass is 16.6. The second kappa shape index (κ2) is 8.48. The lowest BCUT2D eigenvalue weighted by Gasteiger charge is -2.36. The molecule has 0 fully saturated rings. The van der Waals surface area contributed by atoms with Gasteiger partial charge in [0, 0.05) is 18.9 Å². The maximum atomic E-state index is 11.9. The predicted molar refractivity (Wildman–Crippen MR) is 85.7 cm³/mol. The van der Waals surface area contributed by atoms with Gasteiger partial charge in [-0.1, -0.05) is 26.2 Å². The Bertz CT molecular complexity index is 468. The molecule has 0 aromatic rings. The summed E-state index contributed by atoms with van der Waals surface area (Å²) in [6.07, 6.45) is 5.96. The number of hydrogen-bond acceptors (Lipinski definition) is 5. The minimum atomic E-state index is -0.705. The van der Waals surface area contributed by atoms with Gasteiger partial charge in [-0.05, 0) is 32.1 Å². The number of rotatable bonds is 7. The normalized spacial score (nSPS) is 25.6. The summed E-state index contributed by atoms with van der Waals surface area (Å²) >= 11 is 0. The maximum Gasteiger partial charge on any atom is 0.303 e. The third-order valence-electron chi connectivity index (χ3n) is 4.61. The fraction of sp³-hybridized carbons (Fsp3) is 0.778. The third kappa shape index (κ3) is 4.80. The van der Waals surface area contributed by atoms with Crippen LogP contribution in [0.5, 0.6) is 0 Å². The first-order valence-corrected chi connectivity index (χ1v) is 8.81. The van der Waals surface area contributed by atoms with Crippen molar-refractivity contribution in [2.45, 2.75) is 89.9 Å². The number of aliphatic hydroxyl groups excluding tert-OH is 1. The van der Waals surface area contributed by atoms with Crippen LogP contribution >= 0.6 is 0 Å². The molecule has 5 heteroatoms. The number of Topliss-reactive ketones (excluding diaryl/α,β-unsaturated/α-hetero) is 1. The lowest BCUT2D eigenvalue weighted by molar-refractivity contribution is -0.156. The molecule has 1 N–H and O–H groups in total. The van der Waals surface area contributed by atoms with E-state index in [1.807, 2.05) is 0 Å². The van der Waals surface area contributed by atoms with Crippen molar-refractivity contribution in [3.63, 3.8) is 0 Å². The van der Waals surface area contributed by atoms with Gasteiger partial charge in [-0.25, -0.2) is 0 Å². The van der Waals surface area contributed by atoms with Crippen molar-refractivity contribution < 1.29 is 24.2 Å². The Morgan fingerprint density at radius 2 is 2.09 bits per heavy atom. The van der Waals surface area contributed by atoms with Gasteiger partial charge in [0.1, 0.15) is 24.1 Å². The molecular formula is C18H28O5. The van der Waals surface area contributed by atoms with Crippen LogP contribution in [0.1, 0.15) is 71.6 Å². The highest BCUT2D eigenvalue weighted by Gasteiger charge is 2.37. The highest BCUT2D eigenvalue weighted by molar-refractivity contribution is 5.97. The highest BCUT2D eigenvalue weighted by Crippen LogP contribution is 2.35. The van der Waals surface area contributed by atoms with Gasteiger partial charge in [-0.15, -0.1) is 0 Å². The van der Waals surface area contributed by atoms with Gasteiger partial charge in [0.05, 0.1) is 0 Å². The molecule has 0 aromatic carbocycles. The number of unbranched alkanes of at least 4 members (excludes halogenated alkanes) is 3. The molecule has 0 bridgehead atoms. The van der Waals surface area contributed by atoms with Gasteiger partial charge in [0.15, 0.2) is 5.78 Å². The molecule has 1 aliphatic heterocycles. The monoisotopic (exact) mass is 324 g/mol. The SMILES string of the molecule is CCCCCC[C@@H](OC(C)=O)[C@@H]1CCC2=C(O1)[C@H](O)CCC2=O. The van der Waals surface area contributed by atoms with Gasteiger partial charge in [-0.3, -0.25) is 9.59 Å². The van der Waals surface area contributed by atoms with Crippen LogP contribution in [0.4, 0.5) is 0 Å². The van der Waals surface area contributed by atoms with Crippen LogP contribution in [0.25, 0.3) is 0 Å². The van der Waals surface area contributed by atoms with Crippen LogP contribution in [-0.2, 0) is 19.1 Å². The lowest BCUT2D eigenvalue weighted by atomic mass is 9.87. The van der Waals surface area contributed by atoms with Crippen molar-refractivity contribution in [3.05, 3.63) is 11.3 Å². The van der Waals surface area contributed by atoms with Gasteiger partial charge >= 0.3 is 5.97 Å². The van der Waals surface area contributed by atoms with Crippen molar-refractivity contribution in [2.24, 2.45) is 0 Å². The van der Waals surface area contributed by atoms with Crippen molar-refractivity contribution >= 4 is 11.8 Å². The molecule has 0 radical (unpaired) electrons. The molecule has 5 nitrogen and oxygen atoms in total. The maximum absolute atomic E-state index is 11.9. The average Bonchev–Trinajstić information content (AvgIpc) is 2.53. The summed E-state index contributed by atoms with van der Waals surface area (Å²) in [7, 11) is 0. The van der Waals surface area contributed by atoms with Crippen molar-refractivity contribution in [1.29, 1.82) is 0 Å². The topological polar surface area (TPSA) is 72.8 Å². The average molecular weight is 324 g/mol. The van der Waals surface area contributed by atoms with E-state index in [2.05, 4.69) is 6.92 Å². The number of esters is 1. The number of hydrogen-bond donors (Lipinski definition) is 1. The van der Waals surface area contributed by atoms with Crippen LogP contribution in [0.15, 0.2) is 11.3 Å². The summed E-state index contributed by atoms with van der Waals surface area (Å²) in [5.41, 5.74) is 0.632. The van der Waals surface area contributed by atoms with Gasteiger partial charge in [0.25, 0.3) is 0 Å². The summed E-state index contributed by atoms with van der Waals surface area (Å²) in [6.45, 7) is 3.56. The molecule has 23 heavy (non-hydrogen) atoms. The first kappa shape index (κ1) is 18.0. The van der Waals surface area contributed by atoms with Gasteiger partial charge in [-0.2, -0.15) is 0 Å². The molecule has 0 aromatic heterocycles. The molecular weight excluding hydrogens is 296 g/mol. The Morgan fingerprint density at radius 1 is 1.30 bits per heavy atom. The summed E-state index contributed by atoms with van der Waals surface area (Å²) in [5, 5.41) is 10.1. The van der Waals surface area contributed by atoms with E-state index in [0.717, 1.165) is 25.7 Å². The largest absolute Gasteiger partial charge is 0.488 e. The molecule has 130 valence electrons. The number of carbonyl (C=O) groups is 2. The molecule has 1 heterocycles. The first-order chi connectivity index (χ1) is 11.0. The summed E-state index contributed by atoms with van der Waals surface area (Å²) in [5.74, 6) is 0.188. The van der Waals surface area contributed by atoms with E-state index < -0.39 is 6.10 Å². The van der Waals surface area contributed by atoms with E-state index in [-0.39, 0.29) is 24.0 Å². The second-order valence-corrected chi connectivity index (χ2v) is 6.51. The number of aliphatic hydroxyl groups is 1. The van der Waals surface area contributed by atoms with E-state index in [1.165, 1.54) is 13.3 Å². The zero-order valence-corrected chi connectivity index (χ0v) is 14.2. The second-order valence-electron chi connectivity index (χ2n) is 6.51. The van der Waals surface area contributed by atoms with Gasteiger partial charge in [0.2, 0.25) is 0 Å². The number of carbonyl (C=O) groups excluding carboxylic acids is 2. The molecule has 0 saturated heterocycles. The lowest BCUT2D eigenvalue weighted by Crippen LogP contribution is -2.39. The molecule has 0 unspecified atom stereocenters. The first-order valence-electron chi connectivity index (χ1n) is 8.81. The number of ketones is 1. The molecule has 0 amide bonds. The Kier molecular flexibility index (Phi) is 6.63. The predicted octanol–water partition coefficient (Wildman–Crippen LogP) is 3.05. The molecule has 3 atom stereocenters. The van der Waals surface area contributed by atoms with Crippen molar-refractivity contribution in [2.75, 3.05) is 0 Å². The zero-order valence-electron chi connectivity index (χ0n) is 14.2. The van der Waals surface area contributed by atoms with E-state index in [1.54, 1.807) is 0 Å². The van der Waals surface area contributed by atoms with E-state index in [0.29, 0.717) is 37.0 Å². The summed E-state index contributed by atoms with van der Waals surface area (Å²) < 4.78 is 11.4. The van der Waals surface area contributed by atoms with Crippen LogP contribution in [0.3, 0.4) is 0 Å². The number of ether oxygens (including phenoxy) is 2. The Hall–Kier alpha value is -1.36. The fourth-order valence-corrected chi connectivity index (χ4v) is 3.38. The molecule has 2 aliphatic rings. The molecule has 2 rings (SSSR count). The van der Waals surface area contributed by atoms with Crippen LogP contribution in [-0.4, -0.2) is 35.2 Å². The smallest absolute Gasteiger partial charge is 0.303 e. The van der Waals surface area contributed by atoms with Crippen LogP contribution in [0.2, 0.25) is 0 Å². The van der Waals surface area contributed by atoms with Crippen molar-refractivity contribution in [3.8, 4) is 0 Å². The minimum absolute atomic E-state index is 0.0794. The quantitative estimate of drug-likeness (QED) is 0.575. The Labute approximate surface area is 138 Å². The zero-order chi connectivity index (χ0) is 16.8. The fourth-order valence-electron chi connectivity index (χ4n) is 3.38. The van der Waals surface area contributed by atoms with Crippen molar-refractivity contribution in [1.82, 2.24) is 0 Å². The van der Waals surface area contributed by atoms with E-state index in [4.69, 9.17) is 9.47 Å². The molecule has 1 aliphatic carbocycles. The summed E-state index contributed by atoms with van der Waals surface area (Å²) in [4.78, 5) is 23.3. The van der Waals surface area contributed by atoms with E-state index >= 15 is 0 Å².